The fourth-order valence-corrected chi connectivity index (χ4v) is 13.9. The molecule has 2 aromatic rings. The number of allylic oxidation sites excluding steroid dienone is 1. The van der Waals surface area contributed by atoms with Crippen molar-refractivity contribution in [3.05, 3.63) is 24.8 Å². The first-order valence-corrected chi connectivity index (χ1v) is 20.6. The first-order valence-electron chi connectivity index (χ1n) is 13.7. The summed E-state index contributed by atoms with van der Waals surface area (Å²) in [6.45, 7) is 20.2. The van der Waals surface area contributed by atoms with E-state index in [1.54, 1.807) is 17.7 Å². The van der Waals surface area contributed by atoms with Crippen LogP contribution >= 0.6 is 17.1 Å². The van der Waals surface area contributed by atoms with E-state index >= 15 is 0 Å². The van der Waals surface area contributed by atoms with Crippen molar-refractivity contribution >= 4 is 54.2 Å². The molecule has 5 rings (SSSR count). The maximum atomic E-state index is 6.80. The van der Waals surface area contributed by atoms with Crippen LogP contribution in [0.3, 0.4) is 0 Å². The van der Waals surface area contributed by atoms with Gasteiger partial charge in [-0.1, -0.05) is 44.3 Å². The van der Waals surface area contributed by atoms with Crippen LogP contribution in [-0.4, -0.2) is 57.5 Å². The Bertz CT molecular complexity index is 1300. The SMILES string of the molecule is C=C(C)[C@H]1CC[C@@]2(C)SP(=S)(O[C@H]3C[C@H](n4cnc5c(N)ncnc54)O[C@@H]3CO[Si](C)(C)C(C)(C)C)O[C@@H]2C1. The summed E-state index contributed by atoms with van der Waals surface area (Å²) in [5, 5.41) is 0.0805. The zero-order valence-electron chi connectivity index (χ0n) is 24.0. The molecule has 1 unspecified atom stereocenters. The Morgan fingerprint density at radius 2 is 2.08 bits per heavy atom. The van der Waals surface area contributed by atoms with Crippen molar-refractivity contribution in [2.45, 2.75) is 108 Å². The summed E-state index contributed by atoms with van der Waals surface area (Å²) in [6.07, 6.45) is 5.99. The number of nitrogens with zero attached hydrogens (tertiary/aromatic N) is 4. The van der Waals surface area contributed by atoms with Crippen LogP contribution in [0.15, 0.2) is 24.8 Å². The van der Waals surface area contributed by atoms with Gasteiger partial charge in [0.15, 0.2) is 19.8 Å². The molecule has 7 atom stereocenters. The predicted octanol–water partition coefficient (Wildman–Crippen LogP) is 6.59. The van der Waals surface area contributed by atoms with Gasteiger partial charge in [-0.25, -0.2) is 15.0 Å². The molecule has 9 nitrogen and oxygen atoms in total. The average molecular weight is 612 g/mol. The predicted molar refractivity (Wildman–Crippen MR) is 164 cm³/mol. The standard InChI is InChI=1S/C26H42N5O4PS2Si/c1-16(2)17-9-10-26(6)20(11-17)35-36(37,38-26)34-18-12-21(31-15-30-22-23(27)28-14-29-24(22)31)33-19(18)13-32-39(7,8)25(3,4)5/h14-15,17-21H,1,9-13H2,2-8H3,(H2,27,28,29)/t17-,18-,19+,20+,21+,26+,36?/m0/s1. The summed E-state index contributed by atoms with van der Waals surface area (Å²) in [5.74, 6) is 0.816. The number of nitrogen functional groups attached to an aromatic ring is 1. The monoisotopic (exact) mass is 611 g/mol. The van der Waals surface area contributed by atoms with Gasteiger partial charge in [-0.3, -0.25) is 4.57 Å². The molecule has 2 aromatic heterocycles. The van der Waals surface area contributed by atoms with Crippen molar-refractivity contribution in [1.29, 1.82) is 0 Å². The van der Waals surface area contributed by atoms with Crippen LogP contribution in [0.2, 0.25) is 18.1 Å². The number of aromatic nitrogens is 4. The third-order valence-electron chi connectivity index (χ3n) is 9.00. The molecule has 1 aliphatic carbocycles. The highest BCUT2D eigenvalue weighted by Gasteiger charge is 2.55. The Morgan fingerprint density at radius 3 is 2.77 bits per heavy atom. The number of hydrogen-bond donors (Lipinski definition) is 1. The minimum Gasteiger partial charge on any atom is -0.414 e. The minimum atomic E-state index is -2.61. The topological polar surface area (TPSA) is 107 Å². The van der Waals surface area contributed by atoms with E-state index in [1.807, 2.05) is 4.57 Å². The third kappa shape index (κ3) is 5.77. The van der Waals surface area contributed by atoms with E-state index in [2.05, 4.69) is 69.2 Å². The highest BCUT2D eigenvalue weighted by molar-refractivity contribution is 8.68. The molecule has 0 bridgehead atoms. The molecule has 39 heavy (non-hydrogen) atoms. The van der Waals surface area contributed by atoms with E-state index in [4.69, 9.17) is 35.8 Å². The van der Waals surface area contributed by atoms with Crippen LogP contribution in [0.4, 0.5) is 5.82 Å². The van der Waals surface area contributed by atoms with Gasteiger partial charge in [0.1, 0.15) is 24.2 Å². The molecule has 0 amide bonds. The molecule has 216 valence electrons. The fourth-order valence-electron chi connectivity index (χ4n) is 5.32. The van der Waals surface area contributed by atoms with Crippen LogP contribution in [0.5, 0.6) is 0 Å². The van der Waals surface area contributed by atoms with Gasteiger partial charge in [-0.05, 0) is 69.0 Å². The Balaban J connectivity index is 1.38. The van der Waals surface area contributed by atoms with Gasteiger partial charge in [0.2, 0.25) is 5.69 Å². The molecule has 2 aliphatic heterocycles. The van der Waals surface area contributed by atoms with Crippen LogP contribution in [0.25, 0.3) is 11.2 Å². The lowest BCUT2D eigenvalue weighted by Gasteiger charge is -2.37. The number of rotatable bonds is 7. The molecule has 3 fully saturated rings. The lowest BCUT2D eigenvalue weighted by Crippen LogP contribution is -2.44. The van der Waals surface area contributed by atoms with E-state index in [0.717, 1.165) is 19.3 Å². The van der Waals surface area contributed by atoms with Gasteiger partial charge < -0.3 is 23.9 Å². The fraction of sp³-hybridized carbons (Fsp3) is 0.731. The Hall–Kier alpha value is -0.853. The van der Waals surface area contributed by atoms with Gasteiger partial charge in [-0.15, -0.1) is 0 Å². The second-order valence-corrected chi connectivity index (χ2v) is 24.3. The van der Waals surface area contributed by atoms with Crippen molar-refractivity contribution in [1.82, 2.24) is 19.5 Å². The number of fused-ring (bicyclic) bond motifs is 2. The molecular formula is C26H42N5O4PS2Si. The maximum Gasteiger partial charge on any atom is 0.248 e. The molecule has 2 saturated heterocycles. The van der Waals surface area contributed by atoms with E-state index < -0.39 is 14.0 Å². The van der Waals surface area contributed by atoms with Crippen LogP contribution in [-0.2, 0) is 30.0 Å². The number of nitrogens with two attached hydrogens (primary N) is 1. The lowest BCUT2D eigenvalue weighted by molar-refractivity contribution is -0.0370. The number of hydrogen-bond acceptors (Lipinski definition) is 10. The second-order valence-electron chi connectivity index (χ2n) is 12.9. The van der Waals surface area contributed by atoms with Crippen molar-refractivity contribution < 1.29 is 18.2 Å². The summed E-state index contributed by atoms with van der Waals surface area (Å²) >= 11 is 7.90. The van der Waals surface area contributed by atoms with Crippen LogP contribution < -0.4 is 5.73 Å². The summed E-state index contributed by atoms with van der Waals surface area (Å²) in [5.41, 5.74) is 5.84. The van der Waals surface area contributed by atoms with Gasteiger partial charge in [-0.2, -0.15) is 0 Å². The lowest BCUT2D eigenvalue weighted by atomic mass is 9.77. The van der Waals surface area contributed by atoms with Gasteiger partial charge in [0.05, 0.1) is 25.1 Å². The van der Waals surface area contributed by atoms with Crippen molar-refractivity contribution in [3.63, 3.8) is 0 Å². The van der Waals surface area contributed by atoms with E-state index in [0.29, 0.717) is 35.9 Å². The van der Waals surface area contributed by atoms with Crippen molar-refractivity contribution in [3.8, 4) is 0 Å². The number of ether oxygens (including phenoxy) is 1. The summed E-state index contributed by atoms with van der Waals surface area (Å²) in [6, 6.07) is 0. The Morgan fingerprint density at radius 1 is 1.33 bits per heavy atom. The number of anilines is 1. The summed E-state index contributed by atoms with van der Waals surface area (Å²) in [4.78, 5) is 12.9. The zero-order chi connectivity index (χ0) is 28.4. The molecule has 13 heteroatoms. The molecule has 2 N–H and O–H groups in total. The van der Waals surface area contributed by atoms with Crippen molar-refractivity contribution in [2.24, 2.45) is 5.92 Å². The highest BCUT2D eigenvalue weighted by Crippen LogP contribution is 2.76. The summed E-state index contributed by atoms with van der Waals surface area (Å²) < 4.78 is 28.5. The first-order chi connectivity index (χ1) is 18.1. The van der Waals surface area contributed by atoms with Crippen molar-refractivity contribution in [2.75, 3.05) is 12.3 Å². The molecular weight excluding hydrogens is 570 g/mol. The van der Waals surface area contributed by atoms with E-state index in [1.165, 1.54) is 11.9 Å². The van der Waals surface area contributed by atoms with Gasteiger partial charge in [0, 0.05) is 11.2 Å². The largest absolute Gasteiger partial charge is 0.414 e. The van der Waals surface area contributed by atoms with Crippen LogP contribution in [0.1, 0.15) is 66.5 Å². The number of imidazole rings is 1. The minimum absolute atomic E-state index is 0.0392. The quantitative estimate of drug-likeness (QED) is 0.209. The maximum absolute atomic E-state index is 6.80. The third-order valence-corrected chi connectivity index (χ3v) is 19.3. The van der Waals surface area contributed by atoms with Gasteiger partial charge in [0.25, 0.3) is 0 Å². The van der Waals surface area contributed by atoms with Gasteiger partial charge >= 0.3 is 0 Å². The van der Waals surface area contributed by atoms with E-state index in [9.17, 15) is 0 Å². The summed E-state index contributed by atoms with van der Waals surface area (Å²) in [7, 11) is -2.01. The zero-order valence-corrected chi connectivity index (χ0v) is 27.6. The average Bonchev–Trinajstić information content (AvgIpc) is 3.49. The smallest absolute Gasteiger partial charge is 0.248 e. The molecule has 0 radical (unpaired) electrons. The molecule has 0 aromatic carbocycles. The second kappa shape index (κ2) is 10.5. The molecule has 0 spiro atoms. The van der Waals surface area contributed by atoms with E-state index in [-0.39, 0.29) is 34.3 Å². The highest BCUT2D eigenvalue weighted by atomic mass is 32.9. The molecule has 1 saturated carbocycles. The van der Waals surface area contributed by atoms with Crippen LogP contribution in [0, 0.1) is 5.92 Å². The molecule has 3 aliphatic rings. The molecule has 4 heterocycles. The Labute approximate surface area is 242 Å². The Kier molecular flexibility index (Phi) is 7.94. The normalized spacial score (nSPS) is 35.4. The first kappa shape index (κ1) is 29.6.